The maximum absolute atomic E-state index is 5.64. The van der Waals surface area contributed by atoms with Crippen LogP contribution in [0.5, 0.6) is 0 Å². The molecule has 0 radical (unpaired) electrons. The lowest BCUT2D eigenvalue weighted by Crippen LogP contribution is -2.51. The predicted molar refractivity (Wildman–Crippen MR) is 190 cm³/mol. The molecule has 0 aliphatic carbocycles. The molecule has 9 aromatic rings. The van der Waals surface area contributed by atoms with Crippen LogP contribution in [0.15, 0.2) is 133 Å². The van der Waals surface area contributed by atoms with Gasteiger partial charge in [-0.2, -0.15) is 4.98 Å². The van der Waals surface area contributed by atoms with Gasteiger partial charge in [0.1, 0.15) is 8.07 Å². The first kappa shape index (κ1) is 24.9. The van der Waals surface area contributed by atoms with Crippen LogP contribution in [0.2, 0.25) is 13.1 Å². The number of aromatic nitrogens is 4. The molecular weight excluding hydrogens is 565 g/mol. The lowest BCUT2D eigenvalue weighted by atomic mass is 9.99. The van der Waals surface area contributed by atoms with Crippen LogP contribution in [-0.2, 0) is 0 Å². The van der Waals surface area contributed by atoms with Crippen LogP contribution in [0.25, 0.3) is 77.3 Å². The van der Waals surface area contributed by atoms with Crippen LogP contribution >= 0.6 is 0 Å². The van der Waals surface area contributed by atoms with Gasteiger partial charge < -0.3 is 0 Å². The average Bonchev–Trinajstić information content (AvgIpc) is 3.68. The Morgan fingerprint density at radius 2 is 0.911 bits per heavy atom. The van der Waals surface area contributed by atoms with Crippen LogP contribution in [0.4, 0.5) is 0 Å². The minimum absolute atomic E-state index is 0.723. The van der Waals surface area contributed by atoms with Gasteiger partial charge >= 0.3 is 0 Å². The molecule has 212 valence electrons. The van der Waals surface area contributed by atoms with Gasteiger partial charge in [-0.05, 0) is 45.8 Å². The van der Waals surface area contributed by atoms with E-state index < -0.39 is 8.07 Å². The molecule has 0 saturated heterocycles. The van der Waals surface area contributed by atoms with Crippen molar-refractivity contribution in [2.24, 2.45) is 0 Å². The first-order chi connectivity index (χ1) is 22.1. The second-order valence-electron chi connectivity index (χ2n) is 12.6. The summed E-state index contributed by atoms with van der Waals surface area (Å²) >= 11 is 0. The standard InChI is InChI=1S/C40H28N4Si/c1-45(2)35-24-23-25-13-3-4-14-26(25)36(35)37-38(43-31-19-9-5-15-27(31)28-16-6-10-20-32(28)43)41-40(42-39(37)45)44-33-21-11-7-17-29(33)30-18-8-12-22-34(30)44/h3-24H,1-2H3. The molecule has 1 aliphatic heterocycles. The zero-order valence-electron chi connectivity index (χ0n) is 25.0. The van der Waals surface area contributed by atoms with E-state index in [-0.39, 0.29) is 0 Å². The Balaban J connectivity index is 1.43. The van der Waals surface area contributed by atoms with Crippen molar-refractivity contribution in [1.82, 2.24) is 19.1 Å². The van der Waals surface area contributed by atoms with Crippen LogP contribution in [0, 0.1) is 0 Å². The minimum Gasteiger partial charge on any atom is -0.293 e. The topological polar surface area (TPSA) is 35.6 Å². The van der Waals surface area contributed by atoms with Crippen molar-refractivity contribution >= 4 is 73.0 Å². The first-order valence-corrected chi connectivity index (χ1v) is 18.5. The fraction of sp³-hybridized carbons (Fsp3) is 0.0500. The van der Waals surface area contributed by atoms with E-state index in [4.69, 9.17) is 9.97 Å². The summed E-state index contributed by atoms with van der Waals surface area (Å²) in [6.45, 7) is 4.90. The van der Waals surface area contributed by atoms with Crippen LogP contribution in [0.1, 0.15) is 0 Å². The lowest BCUT2D eigenvalue weighted by Gasteiger charge is -2.20. The van der Waals surface area contributed by atoms with Gasteiger partial charge in [0.15, 0.2) is 5.82 Å². The summed E-state index contributed by atoms with van der Waals surface area (Å²) in [5, 5.41) is 10.0. The molecule has 0 amide bonds. The van der Waals surface area contributed by atoms with Gasteiger partial charge in [0.2, 0.25) is 5.95 Å². The van der Waals surface area contributed by atoms with Crippen LogP contribution in [-0.4, -0.2) is 27.2 Å². The van der Waals surface area contributed by atoms with Gasteiger partial charge in [-0.1, -0.05) is 122 Å². The largest absolute Gasteiger partial charge is 0.293 e. The van der Waals surface area contributed by atoms with Crippen molar-refractivity contribution in [3.05, 3.63) is 133 Å². The van der Waals surface area contributed by atoms with Gasteiger partial charge in [-0.15, -0.1) is 0 Å². The maximum Gasteiger partial charge on any atom is 0.236 e. The highest BCUT2D eigenvalue weighted by molar-refractivity contribution is 7.03. The molecule has 10 rings (SSSR count). The van der Waals surface area contributed by atoms with Crippen molar-refractivity contribution < 1.29 is 0 Å². The Kier molecular flexibility index (Phi) is 4.85. The van der Waals surface area contributed by atoms with Crippen molar-refractivity contribution in [3.8, 4) is 22.9 Å². The highest BCUT2D eigenvalue weighted by Gasteiger charge is 2.43. The van der Waals surface area contributed by atoms with E-state index >= 15 is 0 Å². The third-order valence-corrected chi connectivity index (χ3v) is 13.2. The summed E-state index contributed by atoms with van der Waals surface area (Å²) in [6.07, 6.45) is 0. The third-order valence-electron chi connectivity index (χ3n) is 9.89. The van der Waals surface area contributed by atoms with Gasteiger partial charge in [-0.25, -0.2) is 4.98 Å². The predicted octanol–water partition coefficient (Wildman–Crippen LogP) is 8.63. The number of hydrogen-bond acceptors (Lipinski definition) is 2. The van der Waals surface area contributed by atoms with Gasteiger partial charge in [0.25, 0.3) is 0 Å². The summed E-state index contributed by atoms with van der Waals surface area (Å²) in [4.78, 5) is 11.2. The quantitative estimate of drug-likeness (QED) is 0.188. The summed E-state index contributed by atoms with van der Waals surface area (Å²) in [6, 6.07) is 48.1. The Morgan fingerprint density at radius 1 is 0.444 bits per heavy atom. The summed E-state index contributed by atoms with van der Waals surface area (Å²) in [5.74, 6) is 1.67. The number of fused-ring (bicyclic) bond motifs is 11. The molecule has 0 unspecified atom stereocenters. The fourth-order valence-corrected chi connectivity index (χ4v) is 10.7. The van der Waals surface area contributed by atoms with Gasteiger partial charge in [0, 0.05) is 32.4 Å². The highest BCUT2D eigenvalue weighted by Crippen LogP contribution is 2.41. The Hall–Kier alpha value is -5.52. The van der Waals surface area contributed by atoms with E-state index in [2.05, 4.69) is 156 Å². The summed E-state index contributed by atoms with van der Waals surface area (Å²) in [7, 11) is -2.23. The summed E-state index contributed by atoms with van der Waals surface area (Å²) in [5.41, 5.74) is 7.02. The second-order valence-corrected chi connectivity index (χ2v) is 16.9. The molecule has 3 aromatic heterocycles. The van der Waals surface area contributed by atoms with Gasteiger partial charge in [0.05, 0.1) is 22.1 Å². The first-order valence-electron chi connectivity index (χ1n) is 15.5. The van der Waals surface area contributed by atoms with E-state index in [1.54, 1.807) is 0 Å². The Bertz CT molecular complexity index is 2590. The minimum atomic E-state index is -2.23. The maximum atomic E-state index is 5.64. The number of nitrogens with zero attached hydrogens (tertiary/aromatic N) is 4. The van der Waals surface area contributed by atoms with Crippen molar-refractivity contribution in [1.29, 1.82) is 0 Å². The molecular formula is C40H28N4Si. The highest BCUT2D eigenvalue weighted by atomic mass is 28.3. The SMILES string of the molecule is C[Si]1(C)c2ccc3ccccc3c2-c2c(-n3c4ccccc4c4ccccc43)nc(-n3c4ccccc4c4ccccc43)nc21. The zero-order valence-corrected chi connectivity index (χ0v) is 26.0. The number of hydrogen-bond donors (Lipinski definition) is 0. The van der Waals surface area contributed by atoms with Gasteiger partial charge in [-0.3, -0.25) is 9.13 Å². The van der Waals surface area contributed by atoms with E-state index in [0.29, 0.717) is 0 Å². The van der Waals surface area contributed by atoms with Crippen molar-refractivity contribution in [3.63, 3.8) is 0 Å². The monoisotopic (exact) mass is 592 g/mol. The molecule has 0 saturated carbocycles. The van der Waals surface area contributed by atoms with Crippen molar-refractivity contribution in [2.75, 3.05) is 0 Å². The van der Waals surface area contributed by atoms with Crippen molar-refractivity contribution in [2.45, 2.75) is 13.1 Å². The molecule has 0 fully saturated rings. The number of para-hydroxylation sites is 4. The molecule has 5 heteroatoms. The Morgan fingerprint density at radius 3 is 1.47 bits per heavy atom. The molecule has 0 N–H and O–H groups in total. The molecule has 4 heterocycles. The van der Waals surface area contributed by atoms with E-state index in [1.165, 1.54) is 53.9 Å². The van der Waals surface area contributed by atoms with E-state index in [0.717, 1.165) is 33.8 Å². The molecule has 0 atom stereocenters. The average molecular weight is 593 g/mol. The third kappa shape index (κ3) is 3.20. The number of benzene rings is 6. The molecule has 0 spiro atoms. The lowest BCUT2D eigenvalue weighted by molar-refractivity contribution is 0.962. The fourth-order valence-electron chi connectivity index (χ4n) is 7.86. The molecule has 4 nitrogen and oxygen atoms in total. The molecule has 0 bridgehead atoms. The van der Waals surface area contributed by atoms with Crippen LogP contribution in [0.3, 0.4) is 0 Å². The Labute approximate surface area is 260 Å². The molecule has 1 aliphatic rings. The second kappa shape index (κ2) is 8.77. The zero-order chi connectivity index (χ0) is 29.9. The molecule has 6 aromatic carbocycles. The number of rotatable bonds is 2. The summed E-state index contributed by atoms with van der Waals surface area (Å²) < 4.78 is 4.66. The van der Waals surface area contributed by atoms with Crippen LogP contribution < -0.4 is 10.5 Å². The normalized spacial score (nSPS) is 13.7. The van der Waals surface area contributed by atoms with E-state index in [9.17, 15) is 0 Å². The molecule has 45 heavy (non-hydrogen) atoms. The van der Waals surface area contributed by atoms with E-state index in [1.807, 2.05) is 0 Å². The smallest absolute Gasteiger partial charge is 0.236 e.